The van der Waals surface area contributed by atoms with Crippen LogP contribution in [0.3, 0.4) is 0 Å². The van der Waals surface area contributed by atoms with E-state index in [1.807, 2.05) is 22.9 Å². The molecule has 1 aromatic carbocycles. The minimum absolute atomic E-state index is 0.0144. The molecule has 0 radical (unpaired) electrons. The highest BCUT2D eigenvalue weighted by Gasteiger charge is 2.25. The number of carbonyl (C=O) groups excluding carboxylic acids is 1. The van der Waals surface area contributed by atoms with Gasteiger partial charge in [0.05, 0.1) is 29.5 Å². The predicted octanol–water partition coefficient (Wildman–Crippen LogP) is 3.19. The van der Waals surface area contributed by atoms with Crippen molar-refractivity contribution in [2.24, 2.45) is 11.5 Å². The van der Waals surface area contributed by atoms with Crippen LogP contribution in [-0.2, 0) is 6.54 Å². The number of halogens is 1. The molecule has 0 bridgehead atoms. The van der Waals surface area contributed by atoms with Crippen LogP contribution < -0.4 is 22.1 Å². The zero-order chi connectivity index (χ0) is 24.4. The molecule has 2 fully saturated rings. The fourth-order valence-corrected chi connectivity index (χ4v) is 5.15. The first-order valence-electron chi connectivity index (χ1n) is 12.5. The minimum atomic E-state index is -0.756. The topological polar surface area (TPSA) is 127 Å². The number of anilines is 3. The van der Waals surface area contributed by atoms with E-state index >= 15 is 0 Å². The highest BCUT2D eigenvalue weighted by Crippen LogP contribution is 2.30. The summed E-state index contributed by atoms with van der Waals surface area (Å²) in [7, 11) is 0. The quantitative estimate of drug-likeness (QED) is 0.390. The molecular weight excluding hydrogens is 447 g/mol. The molecule has 3 aromatic rings. The van der Waals surface area contributed by atoms with E-state index in [9.17, 15) is 9.18 Å². The number of likely N-dealkylation sites (tertiary alicyclic amines) is 1. The van der Waals surface area contributed by atoms with Crippen LogP contribution in [0.5, 0.6) is 0 Å². The third-order valence-corrected chi connectivity index (χ3v) is 7.15. The summed E-state index contributed by atoms with van der Waals surface area (Å²) in [6, 6.07) is 6.81. The molecule has 186 valence electrons. The van der Waals surface area contributed by atoms with Crippen molar-refractivity contribution in [1.29, 1.82) is 0 Å². The SMILES string of the molecule is NC(=O)c1cc(F)c(NC2CCCC[C@@H]2N)nc1Nc1cccc2c1cnn2CCN1CCCC1. The van der Waals surface area contributed by atoms with E-state index in [2.05, 4.69) is 25.6 Å². The number of rotatable bonds is 8. The zero-order valence-electron chi connectivity index (χ0n) is 19.8. The Labute approximate surface area is 204 Å². The van der Waals surface area contributed by atoms with Gasteiger partial charge in [0.15, 0.2) is 11.6 Å². The largest absolute Gasteiger partial charge is 0.365 e. The van der Waals surface area contributed by atoms with Crippen LogP contribution in [0.4, 0.5) is 21.7 Å². The lowest BCUT2D eigenvalue weighted by Gasteiger charge is -2.30. The number of fused-ring (bicyclic) bond motifs is 1. The van der Waals surface area contributed by atoms with E-state index in [1.165, 1.54) is 12.8 Å². The average Bonchev–Trinajstić information content (AvgIpc) is 3.51. The Morgan fingerprint density at radius 3 is 2.69 bits per heavy atom. The number of hydrogen-bond acceptors (Lipinski definition) is 7. The number of benzene rings is 1. The van der Waals surface area contributed by atoms with Gasteiger partial charge in [0.25, 0.3) is 5.91 Å². The Morgan fingerprint density at radius 2 is 1.91 bits per heavy atom. The van der Waals surface area contributed by atoms with Gasteiger partial charge in [0, 0.05) is 24.0 Å². The van der Waals surface area contributed by atoms with Crippen LogP contribution in [0.1, 0.15) is 48.9 Å². The number of nitrogens with two attached hydrogens (primary N) is 2. The minimum Gasteiger partial charge on any atom is -0.365 e. The van der Waals surface area contributed by atoms with Crippen LogP contribution in [-0.4, -0.2) is 57.3 Å². The Hall–Kier alpha value is -3.24. The highest BCUT2D eigenvalue weighted by atomic mass is 19.1. The van der Waals surface area contributed by atoms with Gasteiger partial charge in [0.1, 0.15) is 5.82 Å². The number of aromatic nitrogens is 3. The second-order valence-corrected chi connectivity index (χ2v) is 9.56. The van der Waals surface area contributed by atoms with Crippen molar-refractivity contribution in [3.63, 3.8) is 0 Å². The Balaban J connectivity index is 1.42. The smallest absolute Gasteiger partial charge is 0.252 e. The van der Waals surface area contributed by atoms with Crippen molar-refractivity contribution in [3.8, 4) is 0 Å². The van der Waals surface area contributed by atoms with Gasteiger partial charge in [-0.25, -0.2) is 9.37 Å². The Morgan fingerprint density at radius 1 is 1.11 bits per heavy atom. The third kappa shape index (κ3) is 5.08. The number of primary amides is 1. The van der Waals surface area contributed by atoms with Crippen molar-refractivity contribution in [2.45, 2.75) is 57.2 Å². The highest BCUT2D eigenvalue weighted by molar-refractivity contribution is 6.00. The molecule has 1 aliphatic heterocycles. The second-order valence-electron chi connectivity index (χ2n) is 9.56. The molecule has 1 saturated heterocycles. The van der Waals surface area contributed by atoms with Gasteiger partial charge in [-0.15, -0.1) is 0 Å². The van der Waals surface area contributed by atoms with Gasteiger partial charge < -0.3 is 27.0 Å². The molecule has 3 heterocycles. The number of nitrogens with one attached hydrogen (secondary N) is 2. The summed E-state index contributed by atoms with van der Waals surface area (Å²) >= 11 is 0. The maximum absolute atomic E-state index is 14.9. The van der Waals surface area contributed by atoms with Crippen LogP contribution in [0.15, 0.2) is 30.5 Å². The normalized spacial score (nSPS) is 20.9. The molecule has 1 saturated carbocycles. The maximum Gasteiger partial charge on any atom is 0.252 e. The molecule has 6 N–H and O–H groups in total. The predicted molar refractivity (Wildman–Crippen MR) is 135 cm³/mol. The van der Waals surface area contributed by atoms with Crippen LogP contribution in [0, 0.1) is 5.82 Å². The number of nitrogens with zero attached hydrogens (tertiary/aromatic N) is 4. The average molecular weight is 481 g/mol. The maximum atomic E-state index is 14.9. The summed E-state index contributed by atoms with van der Waals surface area (Å²) in [6.07, 6.45) is 8.13. The molecule has 2 atom stereocenters. The molecule has 10 heteroatoms. The zero-order valence-corrected chi connectivity index (χ0v) is 19.8. The monoisotopic (exact) mass is 480 g/mol. The van der Waals surface area contributed by atoms with E-state index in [-0.39, 0.29) is 29.3 Å². The molecule has 1 amide bonds. The molecule has 5 rings (SSSR count). The Kier molecular flexibility index (Phi) is 6.83. The Bertz CT molecular complexity index is 1210. The molecule has 35 heavy (non-hydrogen) atoms. The van der Waals surface area contributed by atoms with Gasteiger partial charge in [-0.3, -0.25) is 9.48 Å². The summed E-state index contributed by atoms with van der Waals surface area (Å²) < 4.78 is 16.9. The van der Waals surface area contributed by atoms with E-state index in [0.717, 1.165) is 74.5 Å². The lowest BCUT2D eigenvalue weighted by atomic mass is 9.91. The number of amides is 1. The lowest BCUT2D eigenvalue weighted by molar-refractivity contribution is 0.100. The van der Waals surface area contributed by atoms with Gasteiger partial charge in [-0.2, -0.15) is 5.10 Å². The second kappa shape index (κ2) is 10.2. The lowest BCUT2D eigenvalue weighted by Crippen LogP contribution is -2.43. The van der Waals surface area contributed by atoms with Crippen molar-refractivity contribution < 1.29 is 9.18 Å². The third-order valence-electron chi connectivity index (χ3n) is 7.15. The molecular formula is C25H33FN8O. The van der Waals surface area contributed by atoms with E-state index < -0.39 is 11.7 Å². The first kappa shape index (κ1) is 23.5. The molecule has 2 aliphatic rings. The standard InChI is InChI=1S/C25H33FN8O/c26-18-14-16(23(28)35)24(32-25(18)31-21-7-2-1-6-19(21)27)30-20-8-5-9-22-17(20)15-29-34(22)13-12-33-10-3-4-11-33/h5,8-9,14-15,19,21H,1-4,6-7,10-13,27H2,(H2,28,35)(H2,30,31,32)/t19-,21?/m0/s1. The van der Waals surface area contributed by atoms with Gasteiger partial charge in [-0.05, 0) is 57.0 Å². The first-order chi connectivity index (χ1) is 17.0. The molecule has 2 aromatic heterocycles. The molecule has 9 nitrogen and oxygen atoms in total. The van der Waals surface area contributed by atoms with Crippen molar-refractivity contribution >= 4 is 34.1 Å². The summed E-state index contributed by atoms with van der Waals surface area (Å²) in [5.41, 5.74) is 13.5. The van der Waals surface area contributed by atoms with Gasteiger partial charge in [0.2, 0.25) is 0 Å². The molecule has 1 unspecified atom stereocenters. The van der Waals surface area contributed by atoms with E-state index in [1.54, 1.807) is 6.20 Å². The number of pyridine rings is 1. The van der Waals surface area contributed by atoms with Crippen LogP contribution >= 0.6 is 0 Å². The van der Waals surface area contributed by atoms with Crippen LogP contribution in [0.2, 0.25) is 0 Å². The fraction of sp³-hybridized carbons (Fsp3) is 0.480. The van der Waals surface area contributed by atoms with Crippen LogP contribution in [0.25, 0.3) is 10.9 Å². The van der Waals surface area contributed by atoms with E-state index in [4.69, 9.17) is 11.5 Å². The fourth-order valence-electron chi connectivity index (χ4n) is 5.15. The number of hydrogen-bond donors (Lipinski definition) is 4. The molecule has 1 aliphatic carbocycles. The summed E-state index contributed by atoms with van der Waals surface area (Å²) in [5, 5.41) is 11.8. The summed E-state index contributed by atoms with van der Waals surface area (Å²) in [4.78, 5) is 19.0. The molecule has 0 spiro atoms. The summed E-state index contributed by atoms with van der Waals surface area (Å²) in [6.45, 7) is 4.03. The van der Waals surface area contributed by atoms with Crippen molar-refractivity contribution in [3.05, 3.63) is 41.8 Å². The van der Waals surface area contributed by atoms with Crippen molar-refractivity contribution in [2.75, 3.05) is 30.3 Å². The number of carbonyl (C=O) groups is 1. The summed E-state index contributed by atoms with van der Waals surface area (Å²) in [5.74, 6) is -1.13. The van der Waals surface area contributed by atoms with Gasteiger partial charge >= 0.3 is 0 Å². The van der Waals surface area contributed by atoms with Gasteiger partial charge in [-0.1, -0.05) is 18.9 Å². The van der Waals surface area contributed by atoms with Crippen molar-refractivity contribution in [1.82, 2.24) is 19.7 Å². The first-order valence-corrected chi connectivity index (χ1v) is 12.5. The van der Waals surface area contributed by atoms with E-state index in [0.29, 0.717) is 0 Å².